The fraction of sp³-hybridized carbons (Fsp3) is 0.0714. The number of hydrogen-bond donors (Lipinski definition) is 1. The van der Waals surface area contributed by atoms with Gasteiger partial charge in [-0.15, -0.1) is 0 Å². The van der Waals surface area contributed by atoms with Crippen molar-refractivity contribution in [3.63, 3.8) is 0 Å². The monoisotopic (exact) mass is 541 g/mol. The lowest BCUT2D eigenvalue weighted by atomic mass is 9.94. The summed E-state index contributed by atoms with van der Waals surface area (Å²) in [4.78, 5) is 12.2. The molecule has 0 aliphatic rings. The molecule has 11 heteroatoms. The second kappa shape index (κ2) is 10.4. The summed E-state index contributed by atoms with van der Waals surface area (Å²) in [6, 6.07) is 17.2. The van der Waals surface area contributed by atoms with E-state index in [2.05, 4.69) is 25.7 Å². The average Bonchev–Trinajstić information content (AvgIpc) is 2.96. The molecule has 0 fully saturated rings. The molecule has 0 aliphatic carbocycles. The topological polar surface area (TPSA) is 127 Å². The van der Waals surface area contributed by atoms with Crippen molar-refractivity contribution < 1.29 is 22.3 Å². The molecule has 1 N–H and O–H groups in total. The van der Waals surface area contributed by atoms with Crippen molar-refractivity contribution in [1.29, 1.82) is 5.26 Å². The van der Waals surface area contributed by atoms with E-state index in [4.69, 9.17) is 9.47 Å². The van der Waals surface area contributed by atoms with E-state index in [1.807, 2.05) is 0 Å². The van der Waals surface area contributed by atoms with Crippen LogP contribution in [0.25, 0.3) is 33.2 Å². The van der Waals surface area contributed by atoms with Gasteiger partial charge >= 0.3 is 0 Å². The Morgan fingerprint density at radius 2 is 1.69 bits per heavy atom. The first-order valence-electron chi connectivity index (χ1n) is 11.5. The third-order valence-corrected chi connectivity index (χ3v) is 7.39. The van der Waals surface area contributed by atoms with Gasteiger partial charge in [0.25, 0.3) is 10.0 Å². The van der Waals surface area contributed by atoms with Gasteiger partial charge in [0.15, 0.2) is 0 Å². The van der Waals surface area contributed by atoms with Crippen LogP contribution in [0.15, 0.2) is 84.3 Å². The SMILES string of the molecule is COc1ccc(F)cc1-c1cc(OC)c(-c2nccc3cc(S(=O)(=O)Nc4ccncn4)ccc23)cc1C#N. The molecule has 2 heterocycles. The Balaban J connectivity index is 1.63. The van der Waals surface area contributed by atoms with Crippen molar-refractivity contribution in [1.82, 2.24) is 15.0 Å². The Kier molecular flexibility index (Phi) is 6.79. The van der Waals surface area contributed by atoms with E-state index in [1.165, 1.54) is 63.1 Å². The molecule has 0 amide bonds. The van der Waals surface area contributed by atoms with E-state index in [-0.39, 0.29) is 16.3 Å². The van der Waals surface area contributed by atoms with Gasteiger partial charge in [0.2, 0.25) is 0 Å². The normalized spacial score (nSPS) is 11.1. The smallest absolute Gasteiger partial charge is 0.263 e. The van der Waals surface area contributed by atoms with Crippen LogP contribution in [0.2, 0.25) is 0 Å². The summed E-state index contributed by atoms with van der Waals surface area (Å²) in [5.74, 6) is 0.449. The van der Waals surface area contributed by atoms with Crippen LogP contribution < -0.4 is 14.2 Å². The van der Waals surface area contributed by atoms with Gasteiger partial charge in [0.1, 0.15) is 29.5 Å². The lowest BCUT2D eigenvalue weighted by Gasteiger charge is -2.16. The minimum absolute atomic E-state index is 0.0315. The minimum Gasteiger partial charge on any atom is -0.496 e. The van der Waals surface area contributed by atoms with Gasteiger partial charge in [-0.05, 0) is 60.0 Å². The highest BCUT2D eigenvalue weighted by Crippen LogP contribution is 2.41. The number of pyridine rings is 1. The molecule has 39 heavy (non-hydrogen) atoms. The molecule has 5 rings (SSSR count). The Morgan fingerprint density at radius 1 is 0.872 bits per heavy atom. The molecule has 5 aromatic rings. The molecule has 0 unspecified atom stereocenters. The zero-order valence-corrected chi connectivity index (χ0v) is 21.5. The van der Waals surface area contributed by atoms with Crippen LogP contribution >= 0.6 is 0 Å². The molecule has 0 saturated heterocycles. The maximum atomic E-state index is 14.1. The van der Waals surface area contributed by atoms with Crippen molar-refractivity contribution >= 4 is 26.6 Å². The van der Waals surface area contributed by atoms with Crippen LogP contribution in [0.3, 0.4) is 0 Å². The number of nitrogens with one attached hydrogen (secondary N) is 1. The molecule has 0 bridgehead atoms. The Bertz CT molecular complexity index is 1860. The summed E-state index contributed by atoms with van der Waals surface area (Å²) >= 11 is 0. The van der Waals surface area contributed by atoms with Crippen LogP contribution in [0.5, 0.6) is 11.5 Å². The van der Waals surface area contributed by atoms with Gasteiger partial charge in [-0.25, -0.2) is 22.8 Å². The number of anilines is 1. The summed E-state index contributed by atoms with van der Waals surface area (Å²) in [5, 5.41) is 11.2. The third-order valence-electron chi connectivity index (χ3n) is 6.03. The van der Waals surface area contributed by atoms with Crippen LogP contribution in [-0.2, 0) is 10.0 Å². The molecule has 2 aromatic heterocycles. The number of aromatic nitrogens is 3. The molecule has 9 nitrogen and oxygen atoms in total. The van der Waals surface area contributed by atoms with Crippen LogP contribution in [0.4, 0.5) is 10.2 Å². The summed E-state index contributed by atoms with van der Waals surface area (Å²) < 4.78 is 53.5. The molecule has 0 spiro atoms. The third kappa shape index (κ3) is 4.93. The average molecular weight is 542 g/mol. The van der Waals surface area contributed by atoms with Crippen LogP contribution in [0, 0.1) is 17.1 Å². The number of ether oxygens (including phenoxy) is 2. The predicted octanol–water partition coefficient (Wildman–Crippen LogP) is 5.19. The van der Waals surface area contributed by atoms with Gasteiger partial charge < -0.3 is 9.47 Å². The lowest BCUT2D eigenvalue weighted by Crippen LogP contribution is -2.13. The summed E-state index contributed by atoms with van der Waals surface area (Å²) in [5.41, 5.74) is 2.07. The maximum Gasteiger partial charge on any atom is 0.263 e. The number of nitriles is 1. The van der Waals surface area contributed by atoms with Crippen molar-refractivity contribution in [2.75, 3.05) is 18.9 Å². The number of sulfonamides is 1. The zero-order chi connectivity index (χ0) is 27.6. The lowest BCUT2D eigenvalue weighted by molar-refractivity contribution is 0.414. The second-order valence-corrected chi connectivity index (χ2v) is 9.98. The molecule has 0 atom stereocenters. The largest absolute Gasteiger partial charge is 0.496 e. The molecular weight excluding hydrogens is 521 g/mol. The summed E-state index contributed by atoms with van der Waals surface area (Å²) in [6.45, 7) is 0. The zero-order valence-electron chi connectivity index (χ0n) is 20.7. The highest BCUT2D eigenvalue weighted by Gasteiger charge is 2.21. The fourth-order valence-electron chi connectivity index (χ4n) is 4.23. The number of methoxy groups -OCH3 is 2. The van der Waals surface area contributed by atoms with Gasteiger partial charge in [0.05, 0.1) is 36.4 Å². The van der Waals surface area contributed by atoms with Crippen molar-refractivity contribution in [2.45, 2.75) is 4.90 Å². The van der Waals surface area contributed by atoms with Crippen LogP contribution in [-0.4, -0.2) is 37.6 Å². The number of fused-ring (bicyclic) bond motifs is 1. The van der Waals surface area contributed by atoms with Crippen molar-refractivity contribution in [3.05, 3.63) is 90.8 Å². The van der Waals surface area contributed by atoms with Gasteiger partial charge in [-0.2, -0.15) is 5.26 Å². The molecule has 0 saturated carbocycles. The molecule has 3 aromatic carbocycles. The number of halogens is 1. The first-order chi connectivity index (χ1) is 18.8. The van der Waals surface area contributed by atoms with E-state index in [0.717, 1.165) is 0 Å². The first-order valence-corrected chi connectivity index (χ1v) is 13.0. The molecule has 0 aliphatic heterocycles. The maximum absolute atomic E-state index is 14.1. The van der Waals surface area contributed by atoms with Crippen LogP contribution in [0.1, 0.15) is 5.56 Å². The van der Waals surface area contributed by atoms with Crippen molar-refractivity contribution in [2.24, 2.45) is 0 Å². The Labute approximate surface area is 223 Å². The first kappa shape index (κ1) is 25.6. The predicted molar refractivity (Wildman–Crippen MR) is 143 cm³/mol. The Morgan fingerprint density at radius 3 is 2.41 bits per heavy atom. The van der Waals surface area contributed by atoms with E-state index < -0.39 is 15.8 Å². The standard InChI is InChI=1S/C28H20FN5O4S/c1-37-25-6-3-19(29)13-23(25)22-14-26(38-2)24(12-18(22)15-30)28-21-5-4-20(11-17(21)7-10-32-28)39(35,36)34-27-8-9-31-16-33-27/h3-14,16H,1-2H3,(H,31,33,34). The highest BCUT2D eigenvalue weighted by atomic mass is 32.2. The number of nitrogens with zero attached hydrogens (tertiary/aromatic N) is 4. The molecule has 194 valence electrons. The van der Waals surface area contributed by atoms with E-state index in [9.17, 15) is 18.1 Å². The highest BCUT2D eigenvalue weighted by molar-refractivity contribution is 7.92. The molecular formula is C28H20FN5O4S. The molecule has 0 radical (unpaired) electrons. The number of rotatable bonds is 7. The number of hydrogen-bond acceptors (Lipinski definition) is 8. The van der Waals surface area contributed by atoms with E-state index in [0.29, 0.717) is 44.7 Å². The quantitative estimate of drug-likeness (QED) is 0.298. The van der Waals surface area contributed by atoms with Gasteiger partial charge in [-0.3, -0.25) is 9.71 Å². The number of benzene rings is 3. The summed E-state index contributed by atoms with van der Waals surface area (Å²) in [6.07, 6.45) is 4.22. The van der Waals surface area contributed by atoms with Crippen molar-refractivity contribution in [3.8, 4) is 40.0 Å². The van der Waals surface area contributed by atoms with Gasteiger partial charge in [0, 0.05) is 34.5 Å². The second-order valence-electron chi connectivity index (χ2n) is 8.30. The van der Waals surface area contributed by atoms with E-state index in [1.54, 1.807) is 30.5 Å². The fourth-order valence-corrected chi connectivity index (χ4v) is 5.27. The Hall–Kier alpha value is -5.08. The van der Waals surface area contributed by atoms with Gasteiger partial charge in [-0.1, -0.05) is 6.07 Å². The van der Waals surface area contributed by atoms with E-state index >= 15 is 0 Å². The minimum atomic E-state index is -3.92. The summed E-state index contributed by atoms with van der Waals surface area (Å²) in [7, 11) is -0.981.